The van der Waals surface area contributed by atoms with Crippen molar-refractivity contribution in [1.82, 2.24) is 20.4 Å². The van der Waals surface area contributed by atoms with Gasteiger partial charge in [0.15, 0.2) is 6.29 Å². The van der Waals surface area contributed by atoms with E-state index < -0.39 is 11.9 Å². The van der Waals surface area contributed by atoms with Gasteiger partial charge in [-0.25, -0.2) is 0 Å². The third-order valence-corrected chi connectivity index (χ3v) is 12.1. The molecule has 11 heteroatoms. The molecule has 61 heavy (non-hydrogen) atoms. The molecule has 324 valence electrons. The Morgan fingerprint density at radius 2 is 1.39 bits per heavy atom. The largest absolute Gasteiger partial charge is 0.508 e. The first kappa shape index (κ1) is 46.3. The summed E-state index contributed by atoms with van der Waals surface area (Å²) in [6.45, 7) is 3.09. The molecule has 3 N–H and O–H groups in total. The molecule has 2 fully saturated rings. The van der Waals surface area contributed by atoms with Crippen LogP contribution in [0.5, 0.6) is 5.75 Å². The average molecular weight is 830 g/mol. The van der Waals surface area contributed by atoms with Crippen LogP contribution in [0.4, 0.5) is 5.69 Å². The number of hydrogen-bond acceptors (Lipinski definition) is 8. The number of amides is 3. The van der Waals surface area contributed by atoms with Gasteiger partial charge in [-0.05, 0) is 104 Å². The molecule has 0 aromatic heterocycles. The van der Waals surface area contributed by atoms with Crippen LogP contribution in [0.3, 0.4) is 0 Å². The number of benzene rings is 4. The van der Waals surface area contributed by atoms with Gasteiger partial charge >= 0.3 is 0 Å². The number of carbonyl (C=O) groups excluding carboxylic acids is 5. The van der Waals surface area contributed by atoms with Gasteiger partial charge in [0.1, 0.15) is 12.0 Å². The maximum Gasteiger partial charge on any atom is 0.254 e. The van der Waals surface area contributed by atoms with E-state index >= 15 is 0 Å². The Morgan fingerprint density at radius 1 is 0.787 bits per heavy atom. The lowest BCUT2D eigenvalue weighted by molar-refractivity contribution is -0.137. The van der Waals surface area contributed by atoms with Gasteiger partial charge in [0.2, 0.25) is 11.8 Å². The topological polar surface area (TPSA) is 139 Å². The van der Waals surface area contributed by atoms with Gasteiger partial charge in [-0.15, -0.1) is 0 Å². The summed E-state index contributed by atoms with van der Waals surface area (Å²) in [5.41, 5.74) is 6.25. The number of hydrogen-bond donors (Lipinski definition) is 3. The van der Waals surface area contributed by atoms with E-state index in [0.29, 0.717) is 37.5 Å². The second kappa shape index (κ2) is 23.8. The van der Waals surface area contributed by atoms with Crippen LogP contribution in [-0.2, 0) is 40.3 Å². The minimum atomic E-state index is -0.781. The van der Waals surface area contributed by atoms with E-state index in [2.05, 4.69) is 52.9 Å². The quantitative estimate of drug-likeness (QED) is 0.144. The summed E-state index contributed by atoms with van der Waals surface area (Å²) < 4.78 is 0. The SMILES string of the molecule is CN(c1ccccc1)C1CNC1.CNC(=O)CCC(C=O)N(C)C(=O)c1cc2c(cc1C=O)CN(C(=O)C1CCCCC1)C2.Oc1ccc2c(c1)CCCC2.c1ccccc1. The molecule has 11 nitrogen and oxygen atoms in total. The molecule has 1 saturated carbocycles. The van der Waals surface area contributed by atoms with E-state index in [1.807, 2.05) is 53.4 Å². The molecule has 2 heterocycles. The molecule has 0 radical (unpaired) electrons. The number of nitrogens with zero attached hydrogens (tertiary/aromatic N) is 3. The maximum atomic E-state index is 13.1. The van der Waals surface area contributed by atoms with Crippen molar-refractivity contribution in [2.75, 3.05) is 39.1 Å². The number of fused-ring (bicyclic) bond motifs is 2. The number of likely N-dealkylation sites (N-methyl/N-ethyl adjacent to an activating group) is 2. The van der Waals surface area contributed by atoms with Crippen molar-refractivity contribution in [3.63, 3.8) is 0 Å². The van der Waals surface area contributed by atoms with Crippen LogP contribution >= 0.6 is 0 Å². The molecule has 4 aromatic rings. The van der Waals surface area contributed by atoms with Crippen LogP contribution < -0.4 is 15.5 Å². The van der Waals surface area contributed by atoms with Gasteiger partial charge in [0.05, 0.1) is 17.6 Å². The van der Waals surface area contributed by atoms with E-state index in [9.17, 15) is 29.1 Å². The van der Waals surface area contributed by atoms with Crippen molar-refractivity contribution in [3.8, 4) is 5.75 Å². The maximum absolute atomic E-state index is 13.1. The Bertz CT molecular complexity index is 2010. The number of nitrogens with one attached hydrogen (secondary N) is 2. The monoisotopic (exact) mass is 829 g/mol. The van der Waals surface area contributed by atoms with Crippen LogP contribution in [0.25, 0.3) is 0 Å². The lowest BCUT2D eigenvalue weighted by atomic mass is 9.88. The number of aryl methyl sites for hydroxylation is 2. The molecule has 2 aliphatic carbocycles. The molecule has 1 saturated heterocycles. The number of phenols is 1. The lowest BCUT2D eigenvalue weighted by Gasteiger charge is -2.37. The summed E-state index contributed by atoms with van der Waals surface area (Å²) in [7, 11) is 5.16. The number of aldehydes is 2. The van der Waals surface area contributed by atoms with Crippen LogP contribution in [0.15, 0.2) is 97.1 Å². The van der Waals surface area contributed by atoms with Crippen molar-refractivity contribution in [3.05, 3.63) is 130 Å². The summed E-state index contributed by atoms with van der Waals surface area (Å²) in [5.74, 6) is -0.0589. The molecule has 3 amide bonds. The van der Waals surface area contributed by atoms with E-state index in [4.69, 9.17) is 0 Å². The molecule has 4 aliphatic rings. The number of phenolic OH excluding ortho intramolecular Hbond substituents is 1. The van der Waals surface area contributed by atoms with Gasteiger partial charge in [0, 0.05) is 70.9 Å². The number of carbonyl (C=O) groups is 5. The number of anilines is 1. The van der Waals surface area contributed by atoms with Crippen molar-refractivity contribution in [1.29, 1.82) is 0 Å². The van der Waals surface area contributed by atoms with Crippen LogP contribution in [0, 0.1) is 5.92 Å². The normalized spacial score (nSPS) is 15.8. The number of aromatic hydroxyl groups is 1. The lowest BCUT2D eigenvalue weighted by Crippen LogP contribution is -2.56. The fraction of sp³-hybridized carbons (Fsp3) is 0.420. The number of para-hydroxylation sites is 1. The zero-order valence-electron chi connectivity index (χ0n) is 36.1. The standard InChI is InChI=1S/C24H31N3O5.C10H14N2.C10H12O.C6H6/c1-25-22(30)9-8-20(15-29)26(2)24(32)21-11-18-13-27(12-17(18)10-19(21)14-28)23(31)16-6-4-3-5-7-16;1-12(10-7-11-8-10)9-5-3-2-4-6-9;11-10-6-5-8-3-1-2-4-9(8)7-10;1-2-4-6-5-3-1/h10-11,14-16,20H,3-9,12-13H2,1-2H3,(H,25,30);2-6,10-11H,7-8H2,1H3;5-7,11H,1-4H2;1-6H. The first-order valence-electron chi connectivity index (χ1n) is 21.8. The highest BCUT2D eigenvalue weighted by Gasteiger charge is 2.32. The van der Waals surface area contributed by atoms with E-state index in [1.165, 1.54) is 61.5 Å². The van der Waals surface area contributed by atoms with Gasteiger partial charge in [-0.2, -0.15) is 0 Å². The highest BCUT2D eigenvalue weighted by molar-refractivity contribution is 6.02. The zero-order chi connectivity index (χ0) is 43.6. The van der Waals surface area contributed by atoms with Crippen molar-refractivity contribution < 1.29 is 29.1 Å². The highest BCUT2D eigenvalue weighted by atomic mass is 16.3. The molecule has 4 aromatic carbocycles. The Hall–Kier alpha value is -5.81. The predicted molar refractivity (Wildman–Crippen MR) is 241 cm³/mol. The van der Waals surface area contributed by atoms with E-state index in [0.717, 1.165) is 56.3 Å². The Morgan fingerprint density at radius 3 is 1.97 bits per heavy atom. The van der Waals surface area contributed by atoms with Crippen molar-refractivity contribution in [2.24, 2.45) is 5.92 Å². The van der Waals surface area contributed by atoms with Crippen molar-refractivity contribution >= 4 is 36.0 Å². The summed E-state index contributed by atoms with van der Waals surface area (Å²) in [6.07, 6.45) is 11.7. The minimum absolute atomic E-state index is 0.0597. The highest BCUT2D eigenvalue weighted by Crippen LogP contribution is 2.32. The Labute approximate surface area is 361 Å². The van der Waals surface area contributed by atoms with E-state index in [1.54, 1.807) is 18.2 Å². The predicted octanol–water partition coefficient (Wildman–Crippen LogP) is 7.14. The second-order valence-electron chi connectivity index (χ2n) is 16.3. The summed E-state index contributed by atoms with van der Waals surface area (Å²) in [4.78, 5) is 66.3. The zero-order valence-corrected chi connectivity index (χ0v) is 36.1. The third kappa shape index (κ3) is 13.3. The Balaban J connectivity index is 0.000000194. The van der Waals surface area contributed by atoms with Crippen LogP contribution in [0.1, 0.15) is 101 Å². The van der Waals surface area contributed by atoms with Crippen LogP contribution in [-0.4, -0.2) is 91.5 Å². The van der Waals surface area contributed by atoms with Crippen LogP contribution in [0.2, 0.25) is 0 Å². The average Bonchev–Trinajstić information content (AvgIpc) is 3.72. The molecule has 8 rings (SSSR count). The van der Waals surface area contributed by atoms with Gasteiger partial charge in [0.25, 0.3) is 5.91 Å². The van der Waals surface area contributed by atoms with Gasteiger partial charge in [-0.3, -0.25) is 19.2 Å². The van der Waals surface area contributed by atoms with Gasteiger partial charge in [-0.1, -0.05) is 79.9 Å². The second-order valence-corrected chi connectivity index (χ2v) is 16.3. The molecular formula is C50H63N5O6. The van der Waals surface area contributed by atoms with Gasteiger partial charge < -0.3 is 35.2 Å². The molecule has 0 bridgehead atoms. The molecule has 1 unspecified atom stereocenters. The molecular weight excluding hydrogens is 767 g/mol. The number of rotatable bonds is 10. The summed E-state index contributed by atoms with van der Waals surface area (Å²) >= 11 is 0. The Kier molecular flexibility index (Phi) is 18.1. The third-order valence-electron chi connectivity index (χ3n) is 12.1. The van der Waals surface area contributed by atoms with E-state index in [-0.39, 0.29) is 41.7 Å². The fourth-order valence-electron chi connectivity index (χ4n) is 8.14. The summed E-state index contributed by atoms with van der Waals surface area (Å²) in [6, 6.07) is 31.5. The molecule has 0 spiro atoms. The summed E-state index contributed by atoms with van der Waals surface area (Å²) in [5, 5.41) is 14.9. The molecule has 2 aliphatic heterocycles. The molecule has 1 atom stereocenters. The smallest absolute Gasteiger partial charge is 0.254 e. The first-order valence-corrected chi connectivity index (χ1v) is 21.8. The minimum Gasteiger partial charge on any atom is -0.508 e. The first-order chi connectivity index (χ1) is 29.6. The van der Waals surface area contributed by atoms with Crippen molar-refractivity contribution in [2.45, 2.75) is 95.8 Å². The fourth-order valence-corrected chi connectivity index (χ4v) is 8.14.